The average Bonchev–Trinajstić information content (AvgIpc) is 3.12. The summed E-state index contributed by atoms with van der Waals surface area (Å²) in [6.07, 6.45) is 0.288. The second-order valence-corrected chi connectivity index (χ2v) is 7.20. The monoisotopic (exact) mass is 418 g/mol. The Bertz CT molecular complexity index is 954. The molecule has 0 bridgehead atoms. The largest absolute Gasteiger partial charge is 0.469 e. The first-order valence-electron chi connectivity index (χ1n) is 8.90. The van der Waals surface area contributed by atoms with Crippen molar-refractivity contribution in [3.05, 3.63) is 45.5 Å². The summed E-state index contributed by atoms with van der Waals surface area (Å²) in [5.41, 5.74) is 2.55. The van der Waals surface area contributed by atoms with Crippen LogP contribution in [0.1, 0.15) is 36.2 Å². The third-order valence-corrected chi connectivity index (χ3v) is 5.22. The van der Waals surface area contributed by atoms with Gasteiger partial charge in [0.15, 0.2) is 10.8 Å². The number of carbonyl (C=O) groups is 2. The highest BCUT2D eigenvalue weighted by molar-refractivity contribution is 7.19. The van der Waals surface area contributed by atoms with E-state index in [1.54, 1.807) is 6.07 Å². The molecule has 0 spiro atoms. The number of methoxy groups -OCH3 is 1. The van der Waals surface area contributed by atoms with Crippen LogP contribution in [0, 0.1) is 17.0 Å². The Morgan fingerprint density at radius 1 is 1.28 bits per heavy atom. The van der Waals surface area contributed by atoms with E-state index < -0.39 is 4.92 Å². The van der Waals surface area contributed by atoms with Gasteiger partial charge in [0.25, 0.3) is 0 Å². The Morgan fingerprint density at radius 3 is 2.55 bits per heavy atom. The second kappa shape index (κ2) is 9.87. The van der Waals surface area contributed by atoms with E-state index in [0.717, 1.165) is 29.1 Å². The molecule has 1 heterocycles. The summed E-state index contributed by atoms with van der Waals surface area (Å²) < 4.78 is 4.68. The van der Waals surface area contributed by atoms with Crippen LogP contribution in [0.15, 0.2) is 34.5 Å². The number of azo groups is 1. The van der Waals surface area contributed by atoms with Crippen LogP contribution >= 0.6 is 11.3 Å². The lowest BCUT2D eigenvalue weighted by Crippen LogP contribution is -2.26. The van der Waals surface area contributed by atoms with Crippen molar-refractivity contribution in [3.8, 4) is 0 Å². The van der Waals surface area contributed by atoms with Gasteiger partial charge >= 0.3 is 11.0 Å². The van der Waals surface area contributed by atoms with Crippen molar-refractivity contribution in [1.82, 2.24) is 0 Å². The van der Waals surface area contributed by atoms with E-state index >= 15 is 0 Å². The molecule has 0 unspecified atom stereocenters. The first kappa shape index (κ1) is 22.2. The normalized spacial score (nSPS) is 10.9. The zero-order chi connectivity index (χ0) is 21.6. The van der Waals surface area contributed by atoms with Gasteiger partial charge in [0, 0.05) is 24.8 Å². The number of nitrogens with zero attached hydrogens (tertiary/aromatic N) is 4. The molecular weight excluding hydrogens is 396 g/mol. The standard InChI is InChI=1S/C19H22N4O5S/c1-5-22(9-8-18(25)28-4)14-6-7-16(12(2)10-14)20-21-19-15(13(3)24)11-17(29-19)23(26)27/h6-7,10-11H,5,8-9H2,1-4H3. The molecule has 2 rings (SSSR count). The SMILES string of the molecule is CCN(CCC(=O)OC)c1ccc(N=Nc2sc([N+](=O)[O-])cc2C(C)=O)c(C)c1. The molecule has 0 saturated carbocycles. The van der Waals surface area contributed by atoms with E-state index in [2.05, 4.69) is 15.0 Å². The lowest BCUT2D eigenvalue weighted by Gasteiger charge is -2.23. The van der Waals surface area contributed by atoms with Gasteiger partial charge in [-0.3, -0.25) is 19.7 Å². The fourth-order valence-electron chi connectivity index (χ4n) is 2.63. The molecule has 0 atom stereocenters. The van der Waals surface area contributed by atoms with Crippen LogP contribution < -0.4 is 4.90 Å². The summed E-state index contributed by atoms with van der Waals surface area (Å²) in [7, 11) is 1.36. The van der Waals surface area contributed by atoms with Gasteiger partial charge in [0.1, 0.15) is 0 Å². The molecule has 1 aromatic heterocycles. The molecular formula is C19H22N4O5S. The first-order chi connectivity index (χ1) is 13.8. The molecule has 0 fully saturated rings. The van der Waals surface area contributed by atoms with Crippen LogP contribution in [0.5, 0.6) is 0 Å². The minimum absolute atomic E-state index is 0.152. The van der Waals surface area contributed by atoms with Crippen molar-refractivity contribution in [2.75, 3.05) is 25.1 Å². The quantitative estimate of drug-likeness (QED) is 0.187. The molecule has 2 aromatic rings. The number of benzene rings is 1. The van der Waals surface area contributed by atoms with Gasteiger partial charge in [-0.05, 0) is 55.9 Å². The van der Waals surface area contributed by atoms with Gasteiger partial charge < -0.3 is 9.64 Å². The van der Waals surface area contributed by atoms with Crippen molar-refractivity contribution in [3.63, 3.8) is 0 Å². The van der Waals surface area contributed by atoms with Crippen molar-refractivity contribution < 1.29 is 19.2 Å². The lowest BCUT2D eigenvalue weighted by molar-refractivity contribution is -0.380. The predicted molar refractivity (Wildman–Crippen MR) is 111 cm³/mol. The number of aryl methyl sites for hydroxylation is 1. The Balaban J connectivity index is 2.24. The number of hydrogen-bond donors (Lipinski definition) is 0. The maximum Gasteiger partial charge on any atom is 0.326 e. The average molecular weight is 418 g/mol. The number of Topliss-reactive ketones (excluding diaryl/α,β-unsaturated/α-hetero) is 1. The molecule has 29 heavy (non-hydrogen) atoms. The summed E-state index contributed by atoms with van der Waals surface area (Å²) in [5, 5.41) is 19.3. The lowest BCUT2D eigenvalue weighted by atomic mass is 10.1. The second-order valence-electron chi connectivity index (χ2n) is 6.19. The maximum absolute atomic E-state index is 11.7. The minimum Gasteiger partial charge on any atom is -0.469 e. The summed E-state index contributed by atoms with van der Waals surface area (Å²) in [6, 6.07) is 6.80. The van der Waals surface area contributed by atoms with E-state index in [1.165, 1.54) is 20.1 Å². The number of ether oxygens (including phenoxy) is 1. The van der Waals surface area contributed by atoms with Gasteiger partial charge in [-0.15, -0.1) is 10.2 Å². The zero-order valence-electron chi connectivity index (χ0n) is 16.7. The van der Waals surface area contributed by atoms with Crippen molar-refractivity contribution in [2.45, 2.75) is 27.2 Å². The predicted octanol–water partition coefficient (Wildman–Crippen LogP) is 4.97. The van der Waals surface area contributed by atoms with Gasteiger partial charge in [-0.2, -0.15) is 0 Å². The molecule has 0 aliphatic heterocycles. The van der Waals surface area contributed by atoms with E-state index in [4.69, 9.17) is 0 Å². The summed E-state index contributed by atoms with van der Waals surface area (Å²) in [4.78, 5) is 35.5. The number of thiophene rings is 1. The highest BCUT2D eigenvalue weighted by Crippen LogP contribution is 2.37. The van der Waals surface area contributed by atoms with Gasteiger partial charge in [-0.1, -0.05) is 0 Å². The van der Waals surface area contributed by atoms with Crippen LogP contribution in [-0.2, 0) is 9.53 Å². The molecule has 9 nitrogen and oxygen atoms in total. The summed E-state index contributed by atoms with van der Waals surface area (Å²) in [5.74, 6) is -0.573. The Morgan fingerprint density at radius 2 is 2.00 bits per heavy atom. The molecule has 154 valence electrons. The minimum atomic E-state index is -0.552. The van der Waals surface area contributed by atoms with E-state index in [-0.39, 0.29) is 33.7 Å². The van der Waals surface area contributed by atoms with Crippen LogP contribution in [-0.4, -0.2) is 36.9 Å². The number of anilines is 1. The molecule has 0 aliphatic rings. The zero-order valence-corrected chi connectivity index (χ0v) is 17.5. The van der Waals surface area contributed by atoms with Gasteiger partial charge in [0.05, 0.1) is 29.7 Å². The number of rotatable bonds is 9. The molecule has 0 aliphatic carbocycles. The third kappa shape index (κ3) is 5.67. The third-order valence-electron chi connectivity index (χ3n) is 4.25. The van der Waals surface area contributed by atoms with Crippen LogP contribution in [0.2, 0.25) is 0 Å². The van der Waals surface area contributed by atoms with Crippen molar-refractivity contribution >= 4 is 44.5 Å². The molecule has 0 N–H and O–H groups in total. The topological polar surface area (TPSA) is 114 Å². The van der Waals surface area contributed by atoms with E-state index in [9.17, 15) is 19.7 Å². The van der Waals surface area contributed by atoms with Crippen molar-refractivity contribution in [1.29, 1.82) is 0 Å². The maximum atomic E-state index is 11.7. The molecule has 0 amide bonds. The van der Waals surface area contributed by atoms with Crippen molar-refractivity contribution in [2.24, 2.45) is 10.2 Å². The van der Waals surface area contributed by atoms with Gasteiger partial charge in [-0.25, -0.2) is 0 Å². The number of nitro groups is 1. The Kier molecular flexibility index (Phi) is 7.54. The van der Waals surface area contributed by atoms with Crippen LogP contribution in [0.4, 0.5) is 21.4 Å². The fourth-order valence-corrected chi connectivity index (χ4v) is 3.47. The van der Waals surface area contributed by atoms with Gasteiger partial charge in [0.2, 0.25) is 0 Å². The first-order valence-corrected chi connectivity index (χ1v) is 9.71. The smallest absolute Gasteiger partial charge is 0.326 e. The number of carbonyl (C=O) groups excluding carboxylic acids is 2. The van der Waals surface area contributed by atoms with E-state index in [1.807, 2.05) is 30.9 Å². The molecule has 0 saturated heterocycles. The highest BCUT2D eigenvalue weighted by Gasteiger charge is 2.19. The Labute approximate surface area is 172 Å². The molecule has 10 heteroatoms. The fraction of sp³-hybridized carbons (Fsp3) is 0.368. The number of esters is 1. The molecule has 0 radical (unpaired) electrons. The highest BCUT2D eigenvalue weighted by atomic mass is 32.1. The Hall–Kier alpha value is -3.14. The van der Waals surface area contributed by atoms with Crippen LogP contribution in [0.25, 0.3) is 0 Å². The summed E-state index contributed by atoms with van der Waals surface area (Å²) in [6.45, 7) is 6.45. The van der Waals surface area contributed by atoms with Crippen LogP contribution in [0.3, 0.4) is 0 Å². The number of ketones is 1. The van der Waals surface area contributed by atoms with E-state index in [0.29, 0.717) is 12.2 Å². The summed E-state index contributed by atoms with van der Waals surface area (Å²) >= 11 is 0.812. The molecule has 1 aromatic carbocycles. The number of hydrogen-bond acceptors (Lipinski definition) is 9.